The van der Waals surface area contributed by atoms with E-state index in [1.54, 1.807) is 4.90 Å². The molecule has 0 aliphatic carbocycles. The van der Waals surface area contributed by atoms with Gasteiger partial charge in [-0.3, -0.25) is 9.59 Å². The number of benzene rings is 1. The molecule has 2 aliphatic heterocycles. The maximum absolute atomic E-state index is 13.1. The molecule has 0 aromatic heterocycles. The summed E-state index contributed by atoms with van der Waals surface area (Å²) in [5.41, 5.74) is 1.03. The van der Waals surface area contributed by atoms with Crippen LogP contribution in [0.1, 0.15) is 18.4 Å². The Balaban J connectivity index is 0.00000243. The van der Waals surface area contributed by atoms with E-state index in [1.165, 1.54) is 0 Å². The largest absolute Gasteiger partial charge is 0.369 e. The molecule has 1 unspecified atom stereocenters. The lowest BCUT2D eigenvalue weighted by Crippen LogP contribution is -2.58. The van der Waals surface area contributed by atoms with Crippen molar-refractivity contribution in [2.24, 2.45) is 5.92 Å². The van der Waals surface area contributed by atoms with Crippen LogP contribution >= 0.6 is 12.4 Å². The first kappa shape index (κ1) is 20.7. The number of halogens is 1. The first-order valence-electron chi connectivity index (χ1n) is 9.03. The highest BCUT2D eigenvalue weighted by molar-refractivity contribution is 5.89. The van der Waals surface area contributed by atoms with Crippen molar-refractivity contribution < 1.29 is 14.3 Å². The number of ether oxygens (including phenoxy) is 1. The third-order valence-corrected chi connectivity index (χ3v) is 5.00. The summed E-state index contributed by atoms with van der Waals surface area (Å²) in [5.74, 6) is 0.382. The van der Waals surface area contributed by atoms with Crippen molar-refractivity contribution in [3.8, 4) is 0 Å². The van der Waals surface area contributed by atoms with Crippen LogP contribution < -0.4 is 5.32 Å². The topological polar surface area (TPSA) is 61.9 Å². The SMILES string of the molecule is CNCC1CCCN(C(=O)[C@H]2COCC(=O)N2Cc2ccccc2)C1.Cl. The molecule has 0 spiro atoms. The lowest BCUT2D eigenvalue weighted by Gasteiger charge is -2.40. The number of carbonyl (C=O) groups is 2. The average molecular weight is 382 g/mol. The summed E-state index contributed by atoms with van der Waals surface area (Å²) >= 11 is 0. The first-order chi connectivity index (χ1) is 12.2. The fourth-order valence-electron chi connectivity index (χ4n) is 3.72. The van der Waals surface area contributed by atoms with Gasteiger partial charge in [-0.1, -0.05) is 30.3 Å². The van der Waals surface area contributed by atoms with Crippen molar-refractivity contribution in [2.75, 3.05) is 39.9 Å². The van der Waals surface area contributed by atoms with Gasteiger partial charge in [0.15, 0.2) is 0 Å². The fourth-order valence-corrected chi connectivity index (χ4v) is 3.72. The highest BCUT2D eigenvalue weighted by Gasteiger charge is 2.37. The molecule has 2 saturated heterocycles. The van der Waals surface area contributed by atoms with Gasteiger partial charge in [-0.2, -0.15) is 0 Å². The molecule has 2 amide bonds. The van der Waals surface area contributed by atoms with Crippen LogP contribution in [0.25, 0.3) is 0 Å². The normalized spacial score (nSPS) is 23.5. The summed E-state index contributed by atoms with van der Waals surface area (Å²) in [5, 5.41) is 3.20. The Morgan fingerprint density at radius 3 is 2.81 bits per heavy atom. The van der Waals surface area contributed by atoms with Gasteiger partial charge in [0.1, 0.15) is 12.6 Å². The van der Waals surface area contributed by atoms with Crippen molar-refractivity contribution in [3.05, 3.63) is 35.9 Å². The second-order valence-corrected chi connectivity index (χ2v) is 6.89. The van der Waals surface area contributed by atoms with Gasteiger partial charge in [-0.25, -0.2) is 0 Å². The van der Waals surface area contributed by atoms with Gasteiger partial charge in [0, 0.05) is 19.6 Å². The van der Waals surface area contributed by atoms with E-state index in [2.05, 4.69) is 5.32 Å². The highest BCUT2D eigenvalue weighted by atomic mass is 35.5. The maximum atomic E-state index is 13.1. The highest BCUT2D eigenvalue weighted by Crippen LogP contribution is 2.20. The molecule has 144 valence electrons. The number of amides is 2. The van der Waals surface area contributed by atoms with Crippen LogP contribution in [0.15, 0.2) is 30.3 Å². The van der Waals surface area contributed by atoms with Gasteiger partial charge in [0.05, 0.1) is 6.61 Å². The molecule has 6 nitrogen and oxygen atoms in total. The van der Waals surface area contributed by atoms with Crippen LogP contribution in [0, 0.1) is 5.92 Å². The fraction of sp³-hybridized carbons (Fsp3) is 0.579. The van der Waals surface area contributed by atoms with E-state index in [4.69, 9.17) is 4.74 Å². The van der Waals surface area contributed by atoms with E-state index in [0.29, 0.717) is 12.5 Å². The maximum Gasteiger partial charge on any atom is 0.249 e. The molecular formula is C19H28ClN3O3. The summed E-state index contributed by atoms with van der Waals surface area (Å²) in [7, 11) is 1.94. The van der Waals surface area contributed by atoms with Crippen molar-refractivity contribution in [1.82, 2.24) is 15.1 Å². The molecule has 1 aromatic carbocycles. The standard InChI is InChI=1S/C19H27N3O3.ClH/c1-20-10-16-8-5-9-21(11-16)19(24)17-13-25-14-18(23)22(17)12-15-6-3-2-4-7-15;/h2-4,6-7,16-17,20H,5,8-14H2,1H3;1H/t16?,17-;/m1./s1. The lowest BCUT2D eigenvalue weighted by atomic mass is 9.97. The predicted octanol–water partition coefficient (Wildman–Crippen LogP) is 1.29. The number of hydrogen-bond acceptors (Lipinski definition) is 4. The third-order valence-electron chi connectivity index (χ3n) is 5.00. The first-order valence-corrected chi connectivity index (χ1v) is 9.03. The predicted molar refractivity (Wildman–Crippen MR) is 102 cm³/mol. The van der Waals surface area contributed by atoms with Crippen molar-refractivity contribution in [3.63, 3.8) is 0 Å². The van der Waals surface area contributed by atoms with Crippen LogP contribution in [-0.4, -0.2) is 67.6 Å². The van der Waals surface area contributed by atoms with Crippen LogP contribution in [0.4, 0.5) is 0 Å². The molecule has 0 saturated carbocycles. The molecule has 2 fully saturated rings. The van der Waals surface area contributed by atoms with Crippen LogP contribution in [0.5, 0.6) is 0 Å². The minimum Gasteiger partial charge on any atom is -0.369 e. The van der Waals surface area contributed by atoms with E-state index in [1.807, 2.05) is 42.3 Å². The Morgan fingerprint density at radius 1 is 1.31 bits per heavy atom. The van der Waals surface area contributed by atoms with E-state index in [-0.39, 0.29) is 37.4 Å². The van der Waals surface area contributed by atoms with Gasteiger partial charge in [0.2, 0.25) is 11.8 Å². The van der Waals surface area contributed by atoms with Crippen molar-refractivity contribution in [1.29, 1.82) is 0 Å². The molecule has 2 aliphatic rings. The molecule has 2 heterocycles. The number of rotatable bonds is 5. The van der Waals surface area contributed by atoms with Gasteiger partial charge in [-0.15, -0.1) is 12.4 Å². The second kappa shape index (κ2) is 9.90. The monoisotopic (exact) mass is 381 g/mol. The zero-order valence-electron chi connectivity index (χ0n) is 15.2. The van der Waals surface area contributed by atoms with Crippen LogP contribution in [-0.2, 0) is 20.9 Å². The van der Waals surface area contributed by atoms with Crippen molar-refractivity contribution in [2.45, 2.75) is 25.4 Å². The second-order valence-electron chi connectivity index (χ2n) is 6.89. The Hall–Kier alpha value is -1.63. The van der Waals surface area contributed by atoms with E-state index in [0.717, 1.165) is 38.0 Å². The number of nitrogens with zero attached hydrogens (tertiary/aromatic N) is 2. The van der Waals surface area contributed by atoms with E-state index in [9.17, 15) is 9.59 Å². The third kappa shape index (κ3) is 4.96. The van der Waals surface area contributed by atoms with Gasteiger partial charge < -0.3 is 19.9 Å². The lowest BCUT2D eigenvalue weighted by molar-refractivity contribution is -0.160. The quantitative estimate of drug-likeness (QED) is 0.835. The number of nitrogens with one attached hydrogen (secondary N) is 1. The summed E-state index contributed by atoms with van der Waals surface area (Å²) in [6.45, 7) is 3.22. The van der Waals surface area contributed by atoms with Gasteiger partial charge >= 0.3 is 0 Å². The summed E-state index contributed by atoms with van der Waals surface area (Å²) < 4.78 is 5.40. The van der Waals surface area contributed by atoms with Crippen LogP contribution in [0.2, 0.25) is 0 Å². The van der Waals surface area contributed by atoms with E-state index < -0.39 is 6.04 Å². The van der Waals surface area contributed by atoms with Gasteiger partial charge in [-0.05, 0) is 37.9 Å². The molecule has 0 bridgehead atoms. The summed E-state index contributed by atoms with van der Waals surface area (Å²) in [6.07, 6.45) is 2.15. The van der Waals surface area contributed by atoms with Crippen LogP contribution in [0.3, 0.4) is 0 Å². The number of piperidine rings is 1. The number of likely N-dealkylation sites (tertiary alicyclic amines) is 1. The zero-order valence-corrected chi connectivity index (χ0v) is 16.0. The Bertz CT molecular complexity index is 597. The summed E-state index contributed by atoms with van der Waals surface area (Å²) in [6, 6.07) is 9.29. The number of hydrogen-bond donors (Lipinski definition) is 1. The number of carbonyl (C=O) groups excluding carboxylic acids is 2. The Morgan fingerprint density at radius 2 is 2.08 bits per heavy atom. The smallest absolute Gasteiger partial charge is 0.249 e. The molecule has 2 atom stereocenters. The molecule has 1 N–H and O–H groups in total. The average Bonchev–Trinajstić information content (AvgIpc) is 2.64. The molecule has 26 heavy (non-hydrogen) atoms. The summed E-state index contributed by atoms with van der Waals surface area (Å²) in [4.78, 5) is 29.1. The zero-order chi connectivity index (χ0) is 17.6. The minimum atomic E-state index is -0.519. The van der Waals surface area contributed by atoms with Crippen molar-refractivity contribution >= 4 is 24.2 Å². The number of morpholine rings is 1. The van der Waals surface area contributed by atoms with Gasteiger partial charge in [0.25, 0.3) is 0 Å². The molecule has 0 radical (unpaired) electrons. The Kier molecular flexibility index (Phi) is 7.87. The molecule has 3 rings (SSSR count). The van der Waals surface area contributed by atoms with E-state index >= 15 is 0 Å². The Labute approximate surface area is 161 Å². The minimum absolute atomic E-state index is 0. The molecular weight excluding hydrogens is 354 g/mol. The molecule has 7 heteroatoms. The molecule has 1 aromatic rings.